The first kappa shape index (κ1) is 17.4. The molecule has 0 N–H and O–H groups in total. The fraction of sp³-hybridized carbons (Fsp3) is 0.118. The Labute approximate surface area is 142 Å². The number of methoxy groups -OCH3 is 2. The van der Waals surface area contributed by atoms with Crippen LogP contribution in [0.3, 0.4) is 0 Å². The van der Waals surface area contributed by atoms with Crippen molar-refractivity contribution < 1.29 is 24.2 Å². The van der Waals surface area contributed by atoms with Crippen LogP contribution in [0, 0.1) is 0 Å². The number of thiazole rings is 1. The molecule has 6 nitrogen and oxygen atoms in total. The van der Waals surface area contributed by atoms with Crippen molar-refractivity contribution in [3.05, 3.63) is 64.1 Å². The number of carbonyl (C=O) groups excluding carboxylic acids is 2. The summed E-state index contributed by atoms with van der Waals surface area (Å²) in [6, 6.07) is 8.40. The van der Waals surface area contributed by atoms with Crippen molar-refractivity contribution in [3.63, 3.8) is 0 Å². The molecule has 0 saturated carbocycles. The number of ether oxygens (including phenoxy) is 2. The molecule has 1 aromatic heterocycles. The average Bonchev–Trinajstić information content (AvgIpc) is 3.15. The van der Waals surface area contributed by atoms with Gasteiger partial charge in [0.05, 0.1) is 19.8 Å². The molecule has 0 aliphatic carbocycles. The maximum atomic E-state index is 12.9. The highest BCUT2D eigenvalue weighted by molar-refractivity contribution is 7.10. The van der Waals surface area contributed by atoms with Crippen molar-refractivity contribution >= 4 is 34.6 Å². The SMILES string of the molecule is COC(=O)/C=C(C(=O)OC)\C(=C(/[O-])c1ccccc1)c1nccs1. The number of hydrogen-bond donors (Lipinski definition) is 0. The molecule has 24 heavy (non-hydrogen) atoms. The fourth-order valence-corrected chi connectivity index (χ4v) is 2.63. The normalized spacial score (nSPS) is 12.3. The van der Waals surface area contributed by atoms with Crippen LogP contribution < -0.4 is 5.11 Å². The van der Waals surface area contributed by atoms with Crippen LogP contribution in [0.25, 0.3) is 11.3 Å². The summed E-state index contributed by atoms with van der Waals surface area (Å²) in [7, 11) is 2.34. The number of carbonyl (C=O) groups is 2. The highest BCUT2D eigenvalue weighted by Crippen LogP contribution is 2.31. The van der Waals surface area contributed by atoms with E-state index in [2.05, 4.69) is 9.72 Å². The molecular formula is C17H14NO5S-. The number of rotatable bonds is 5. The van der Waals surface area contributed by atoms with Crippen molar-refractivity contribution in [3.8, 4) is 0 Å². The van der Waals surface area contributed by atoms with E-state index in [1.165, 1.54) is 31.8 Å². The first-order chi connectivity index (χ1) is 11.6. The van der Waals surface area contributed by atoms with Gasteiger partial charge in [-0.3, -0.25) is 0 Å². The Morgan fingerprint density at radius 3 is 2.42 bits per heavy atom. The van der Waals surface area contributed by atoms with Crippen LogP contribution in [0.15, 0.2) is 53.6 Å². The highest BCUT2D eigenvalue weighted by atomic mass is 32.1. The minimum Gasteiger partial charge on any atom is -0.872 e. The third kappa shape index (κ3) is 3.88. The molecule has 1 heterocycles. The fourth-order valence-electron chi connectivity index (χ4n) is 1.94. The predicted octanol–water partition coefficient (Wildman–Crippen LogP) is 1.64. The van der Waals surface area contributed by atoms with Gasteiger partial charge < -0.3 is 14.6 Å². The summed E-state index contributed by atoms with van der Waals surface area (Å²) < 4.78 is 9.28. The third-order valence-electron chi connectivity index (χ3n) is 3.05. The zero-order chi connectivity index (χ0) is 17.5. The van der Waals surface area contributed by atoms with Crippen LogP contribution >= 0.6 is 11.3 Å². The van der Waals surface area contributed by atoms with Gasteiger partial charge >= 0.3 is 11.9 Å². The summed E-state index contributed by atoms with van der Waals surface area (Å²) in [5.74, 6) is -2.04. The summed E-state index contributed by atoms with van der Waals surface area (Å²) in [6.07, 6.45) is 2.44. The molecule has 0 unspecified atom stereocenters. The summed E-state index contributed by atoms with van der Waals surface area (Å²) in [5, 5.41) is 14.9. The monoisotopic (exact) mass is 344 g/mol. The number of aromatic nitrogens is 1. The Morgan fingerprint density at radius 2 is 1.88 bits per heavy atom. The maximum absolute atomic E-state index is 12.9. The lowest BCUT2D eigenvalue weighted by atomic mass is 10.0. The lowest BCUT2D eigenvalue weighted by molar-refractivity contribution is -0.242. The van der Waals surface area contributed by atoms with E-state index in [1.807, 2.05) is 0 Å². The predicted molar refractivity (Wildman–Crippen MR) is 87.5 cm³/mol. The smallest absolute Gasteiger partial charge is 0.338 e. The molecule has 0 amide bonds. The van der Waals surface area contributed by atoms with E-state index >= 15 is 0 Å². The van der Waals surface area contributed by atoms with E-state index in [0.29, 0.717) is 10.6 Å². The number of benzene rings is 1. The second-order valence-corrected chi connectivity index (χ2v) is 5.37. The minimum absolute atomic E-state index is 0.00606. The van der Waals surface area contributed by atoms with E-state index in [-0.39, 0.29) is 11.1 Å². The van der Waals surface area contributed by atoms with Gasteiger partial charge in [0.2, 0.25) is 0 Å². The van der Waals surface area contributed by atoms with Crippen LogP contribution in [-0.4, -0.2) is 31.1 Å². The van der Waals surface area contributed by atoms with Crippen LogP contribution in [0.5, 0.6) is 0 Å². The lowest BCUT2D eigenvalue weighted by Crippen LogP contribution is -2.15. The van der Waals surface area contributed by atoms with Gasteiger partial charge in [0.25, 0.3) is 0 Å². The lowest BCUT2D eigenvalue weighted by Gasteiger charge is -2.19. The molecule has 124 valence electrons. The number of nitrogens with zero attached hydrogens (tertiary/aromatic N) is 1. The molecule has 0 bridgehead atoms. The van der Waals surface area contributed by atoms with Gasteiger partial charge in [-0.2, -0.15) is 0 Å². The van der Waals surface area contributed by atoms with Crippen molar-refractivity contribution in [1.82, 2.24) is 4.98 Å². The quantitative estimate of drug-likeness (QED) is 0.355. The van der Waals surface area contributed by atoms with Crippen molar-refractivity contribution in [2.24, 2.45) is 0 Å². The van der Waals surface area contributed by atoms with Crippen LogP contribution in [0.2, 0.25) is 0 Å². The van der Waals surface area contributed by atoms with E-state index < -0.39 is 17.7 Å². The molecule has 2 aromatic rings. The Morgan fingerprint density at radius 1 is 1.17 bits per heavy atom. The standard InChI is InChI=1S/C17H15NO5S/c1-22-13(19)10-12(17(21)23-2)14(16-18-8-9-24-16)15(20)11-6-4-3-5-7-11/h3-10,20H,1-2H3/p-1/b12-10+,15-14+. The topological polar surface area (TPSA) is 88.6 Å². The van der Waals surface area contributed by atoms with Gasteiger partial charge in [-0.05, 0) is 5.56 Å². The van der Waals surface area contributed by atoms with Crippen molar-refractivity contribution in [2.45, 2.75) is 0 Å². The average molecular weight is 344 g/mol. The summed E-state index contributed by atoms with van der Waals surface area (Å²) >= 11 is 1.18. The summed E-state index contributed by atoms with van der Waals surface area (Å²) in [4.78, 5) is 27.9. The van der Waals surface area contributed by atoms with Crippen LogP contribution in [-0.2, 0) is 19.1 Å². The van der Waals surface area contributed by atoms with E-state index in [4.69, 9.17) is 4.74 Å². The maximum Gasteiger partial charge on any atom is 0.338 e. The van der Waals surface area contributed by atoms with E-state index in [0.717, 1.165) is 6.08 Å². The minimum atomic E-state index is -0.824. The molecule has 7 heteroatoms. The second-order valence-electron chi connectivity index (χ2n) is 4.48. The van der Waals surface area contributed by atoms with Crippen molar-refractivity contribution in [1.29, 1.82) is 0 Å². The molecule has 0 saturated heterocycles. The zero-order valence-corrected chi connectivity index (χ0v) is 13.8. The Bertz CT molecular complexity index is 779. The molecule has 2 rings (SSSR count). The van der Waals surface area contributed by atoms with Gasteiger partial charge in [-0.1, -0.05) is 36.1 Å². The summed E-state index contributed by atoms with van der Waals surface area (Å²) in [6.45, 7) is 0. The second kappa shape index (κ2) is 8.07. The number of hydrogen-bond acceptors (Lipinski definition) is 7. The van der Waals surface area contributed by atoms with E-state index in [1.54, 1.807) is 35.7 Å². The zero-order valence-electron chi connectivity index (χ0n) is 13.0. The molecule has 0 radical (unpaired) electrons. The highest BCUT2D eigenvalue weighted by Gasteiger charge is 2.22. The van der Waals surface area contributed by atoms with Gasteiger partial charge in [0, 0.05) is 23.2 Å². The first-order valence-electron chi connectivity index (χ1n) is 6.83. The molecule has 0 spiro atoms. The molecular weight excluding hydrogens is 330 g/mol. The molecule has 0 atom stereocenters. The van der Waals surface area contributed by atoms with Crippen molar-refractivity contribution in [2.75, 3.05) is 14.2 Å². The Hall–Kier alpha value is -2.93. The molecule has 1 aromatic carbocycles. The largest absolute Gasteiger partial charge is 0.872 e. The van der Waals surface area contributed by atoms with E-state index in [9.17, 15) is 14.7 Å². The van der Waals surface area contributed by atoms with Crippen LogP contribution in [0.4, 0.5) is 0 Å². The van der Waals surface area contributed by atoms with Crippen LogP contribution in [0.1, 0.15) is 10.6 Å². The molecule has 0 aliphatic rings. The summed E-state index contributed by atoms with van der Waals surface area (Å²) in [5.41, 5.74) is 0.156. The first-order valence-corrected chi connectivity index (χ1v) is 7.71. The van der Waals surface area contributed by atoms with Gasteiger partial charge in [0.1, 0.15) is 5.01 Å². The van der Waals surface area contributed by atoms with Gasteiger partial charge in [-0.25, -0.2) is 14.6 Å². The third-order valence-corrected chi connectivity index (χ3v) is 3.84. The molecule has 0 aliphatic heterocycles. The Kier molecular flexibility index (Phi) is 5.86. The Balaban J connectivity index is 2.72. The van der Waals surface area contributed by atoms with Gasteiger partial charge in [0.15, 0.2) is 0 Å². The molecule has 0 fully saturated rings. The number of esters is 2. The van der Waals surface area contributed by atoms with Gasteiger partial charge in [-0.15, -0.1) is 11.3 Å².